The zero-order chi connectivity index (χ0) is 16.8. The van der Waals surface area contributed by atoms with Crippen LogP contribution in [0.5, 0.6) is 5.75 Å². The smallest absolute Gasteiger partial charge is 0.273 e. The summed E-state index contributed by atoms with van der Waals surface area (Å²) in [6, 6.07) is 9.15. The van der Waals surface area contributed by atoms with Crippen molar-refractivity contribution in [3.63, 3.8) is 0 Å². The molecule has 0 unspecified atom stereocenters. The fraction of sp³-hybridized carbons (Fsp3) is 0.412. The van der Waals surface area contributed by atoms with Crippen LogP contribution < -0.4 is 10.1 Å². The molecule has 1 aromatic heterocycles. The highest BCUT2D eigenvalue weighted by Gasteiger charge is 2.11. The quantitative estimate of drug-likeness (QED) is 0.796. The molecule has 0 saturated carbocycles. The molecule has 1 N–H and O–H groups in total. The Balaban J connectivity index is 1.87. The lowest BCUT2D eigenvalue weighted by atomic mass is 10.3. The van der Waals surface area contributed by atoms with E-state index in [0.717, 1.165) is 30.1 Å². The van der Waals surface area contributed by atoms with Crippen molar-refractivity contribution < 1.29 is 9.53 Å². The maximum atomic E-state index is 12.2. The molecule has 0 spiro atoms. The molecule has 1 aromatic carbocycles. The maximum Gasteiger partial charge on any atom is 0.273 e. The van der Waals surface area contributed by atoms with Crippen molar-refractivity contribution in [2.24, 2.45) is 7.05 Å². The second-order valence-electron chi connectivity index (χ2n) is 5.78. The van der Waals surface area contributed by atoms with E-state index in [2.05, 4.69) is 15.3 Å². The van der Waals surface area contributed by atoms with Crippen molar-refractivity contribution in [2.75, 3.05) is 32.6 Å². The first-order chi connectivity index (χ1) is 11.0. The average Bonchev–Trinajstić information content (AvgIpc) is 2.84. The molecule has 23 heavy (non-hydrogen) atoms. The zero-order valence-corrected chi connectivity index (χ0v) is 14.2. The summed E-state index contributed by atoms with van der Waals surface area (Å²) in [5, 5.41) is 7.03. The molecule has 6 heteroatoms. The summed E-state index contributed by atoms with van der Waals surface area (Å²) in [6.45, 7) is 3.54. The molecule has 2 rings (SSSR count). The molecular formula is C17H24N4O2. The molecule has 1 heterocycles. The van der Waals surface area contributed by atoms with E-state index in [9.17, 15) is 4.79 Å². The monoisotopic (exact) mass is 316 g/mol. The van der Waals surface area contributed by atoms with Crippen LogP contribution in [0.3, 0.4) is 0 Å². The molecule has 0 bridgehead atoms. The van der Waals surface area contributed by atoms with Gasteiger partial charge in [-0.05, 0) is 57.8 Å². The lowest BCUT2D eigenvalue weighted by Crippen LogP contribution is -2.16. The first kappa shape index (κ1) is 17.0. The summed E-state index contributed by atoms with van der Waals surface area (Å²) in [6.07, 6.45) is 0.978. The molecule has 0 fully saturated rings. The van der Waals surface area contributed by atoms with E-state index in [1.807, 2.05) is 45.3 Å². The van der Waals surface area contributed by atoms with Crippen molar-refractivity contribution in [1.29, 1.82) is 0 Å². The molecule has 1 amide bonds. The number of nitrogens with zero attached hydrogens (tertiary/aromatic N) is 3. The van der Waals surface area contributed by atoms with E-state index in [1.54, 1.807) is 17.8 Å². The highest BCUT2D eigenvalue weighted by Crippen LogP contribution is 2.17. The van der Waals surface area contributed by atoms with E-state index < -0.39 is 0 Å². The lowest BCUT2D eigenvalue weighted by Gasteiger charge is -2.11. The van der Waals surface area contributed by atoms with Gasteiger partial charge in [0.2, 0.25) is 0 Å². The zero-order valence-electron chi connectivity index (χ0n) is 14.2. The summed E-state index contributed by atoms with van der Waals surface area (Å²) in [4.78, 5) is 14.3. The fourth-order valence-electron chi connectivity index (χ4n) is 2.22. The third-order valence-electron chi connectivity index (χ3n) is 3.37. The van der Waals surface area contributed by atoms with E-state index in [-0.39, 0.29) is 5.91 Å². The predicted molar refractivity (Wildman–Crippen MR) is 91.0 cm³/mol. The SMILES string of the molecule is Cc1cc(C(=O)Nc2ccc(OCCCN(C)C)cc2)n(C)n1. The van der Waals surface area contributed by atoms with E-state index in [4.69, 9.17) is 4.74 Å². The van der Waals surface area contributed by atoms with Gasteiger partial charge >= 0.3 is 0 Å². The number of amides is 1. The minimum absolute atomic E-state index is 0.173. The first-order valence-electron chi connectivity index (χ1n) is 7.65. The van der Waals surface area contributed by atoms with Gasteiger partial charge in [-0.3, -0.25) is 9.48 Å². The summed E-state index contributed by atoms with van der Waals surface area (Å²) in [7, 11) is 5.84. The van der Waals surface area contributed by atoms with Gasteiger partial charge in [-0.25, -0.2) is 0 Å². The third kappa shape index (κ3) is 5.10. The van der Waals surface area contributed by atoms with E-state index in [1.165, 1.54) is 0 Å². The van der Waals surface area contributed by atoms with Crippen molar-refractivity contribution in [3.8, 4) is 5.75 Å². The Labute approximate surface area is 137 Å². The highest BCUT2D eigenvalue weighted by molar-refractivity contribution is 6.03. The number of hydrogen-bond donors (Lipinski definition) is 1. The summed E-state index contributed by atoms with van der Waals surface area (Å²) >= 11 is 0. The minimum Gasteiger partial charge on any atom is -0.494 e. The maximum absolute atomic E-state index is 12.2. The number of benzene rings is 1. The van der Waals surface area contributed by atoms with Crippen LogP contribution in [-0.4, -0.2) is 47.8 Å². The van der Waals surface area contributed by atoms with Gasteiger partial charge < -0.3 is 15.0 Å². The van der Waals surface area contributed by atoms with Gasteiger partial charge in [-0.1, -0.05) is 0 Å². The van der Waals surface area contributed by atoms with Crippen LogP contribution in [0.2, 0.25) is 0 Å². The molecule has 0 aliphatic rings. The molecule has 0 radical (unpaired) electrons. The van der Waals surface area contributed by atoms with Crippen LogP contribution >= 0.6 is 0 Å². The van der Waals surface area contributed by atoms with Crippen molar-refractivity contribution in [2.45, 2.75) is 13.3 Å². The number of ether oxygens (including phenoxy) is 1. The lowest BCUT2D eigenvalue weighted by molar-refractivity contribution is 0.101. The predicted octanol–water partition coefficient (Wildman–Crippen LogP) is 2.31. The number of aromatic nitrogens is 2. The largest absolute Gasteiger partial charge is 0.494 e. The molecule has 0 aliphatic heterocycles. The minimum atomic E-state index is -0.173. The Bertz CT molecular complexity index is 647. The number of aryl methyl sites for hydroxylation is 2. The van der Waals surface area contributed by atoms with Gasteiger partial charge in [0, 0.05) is 19.3 Å². The van der Waals surface area contributed by atoms with Crippen LogP contribution in [0.25, 0.3) is 0 Å². The Kier molecular flexibility index (Phi) is 5.76. The Morgan fingerprint density at radius 1 is 1.30 bits per heavy atom. The first-order valence-corrected chi connectivity index (χ1v) is 7.65. The molecule has 0 atom stereocenters. The second kappa shape index (κ2) is 7.78. The normalized spacial score (nSPS) is 10.8. The van der Waals surface area contributed by atoms with Crippen LogP contribution in [-0.2, 0) is 7.05 Å². The molecule has 124 valence electrons. The van der Waals surface area contributed by atoms with Crippen molar-refractivity contribution in [1.82, 2.24) is 14.7 Å². The number of rotatable bonds is 7. The van der Waals surface area contributed by atoms with Gasteiger partial charge in [-0.2, -0.15) is 5.10 Å². The number of carbonyl (C=O) groups excluding carboxylic acids is 1. The molecular weight excluding hydrogens is 292 g/mol. The van der Waals surface area contributed by atoms with Crippen LogP contribution in [0.4, 0.5) is 5.69 Å². The number of carbonyl (C=O) groups is 1. The summed E-state index contributed by atoms with van der Waals surface area (Å²) in [5.74, 6) is 0.630. The van der Waals surface area contributed by atoms with E-state index in [0.29, 0.717) is 12.3 Å². The highest BCUT2D eigenvalue weighted by atomic mass is 16.5. The molecule has 0 aliphatic carbocycles. The third-order valence-corrected chi connectivity index (χ3v) is 3.37. The molecule has 6 nitrogen and oxygen atoms in total. The Morgan fingerprint density at radius 3 is 2.57 bits per heavy atom. The van der Waals surface area contributed by atoms with Gasteiger partial charge in [0.25, 0.3) is 5.91 Å². The number of anilines is 1. The summed E-state index contributed by atoms with van der Waals surface area (Å²) < 4.78 is 7.25. The topological polar surface area (TPSA) is 59.4 Å². The van der Waals surface area contributed by atoms with Crippen LogP contribution in [0, 0.1) is 6.92 Å². The van der Waals surface area contributed by atoms with Gasteiger partial charge in [0.15, 0.2) is 0 Å². The van der Waals surface area contributed by atoms with E-state index >= 15 is 0 Å². The average molecular weight is 316 g/mol. The van der Waals surface area contributed by atoms with Crippen LogP contribution in [0.15, 0.2) is 30.3 Å². The van der Waals surface area contributed by atoms with Gasteiger partial charge in [0.1, 0.15) is 11.4 Å². The molecule has 0 saturated heterocycles. The van der Waals surface area contributed by atoms with Gasteiger partial charge in [0.05, 0.1) is 12.3 Å². The summed E-state index contributed by atoms with van der Waals surface area (Å²) in [5.41, 5.74) is 2.08. The Hall–Kier alpha value is -2.34. The van der Waals surface area contributed by atoms with Crippen LogP contribution in [0.1, 0.15) is 22.6 Å². The van der Waals surface area contributed by atoms with Crippen molar-refractivity contribution >= 4 is 11.6 Å². The fourth-order valence-corrected chi connectivity index (χ4v) is 2.22. The number of nitrogens with one attached hydrogen (secondary N) is 1. The van der Waals surface area contributed by atoms with Gasteiger partial charge in [-0.15, -0.1) is 0 Å². The molecule has 2 aromatic rings. The second-order valence-corrected chi connectivity index (χ2v) is 5.78. The standard InChI is InChI=1S/C17H24N4O2/c1-13-12-16(21(4)19-13)17(22)18-14-6-8-15(9-7-14)23-11-5-10-20(2)3/h6-9,12H,5,10-11H2,1-4H3,(H,18,22). The van der Waals surface area contributed by atoms with Crippen molar-refractivity contribution in [3.05, 3.63) is 41.7 Å². The Morgan fingerprint density at radius 2 is 2.00 bits per heavy atom. The number of hydrogen-bond acceptors (Lipinski definition) is 4.